The normalized spacial score (nSPS) is 13.4. The van der Waals surface area contributed by atoms with E-state index in [2.05, 4.69) is 13.8 Å². The van der Waals surface area contributed by atoms with Gasteiger partial charge in [-0.3, -0.25) is 28.2 Å². The van der Waals surface area contributed by atoms with Gasteiger partial charge in [0.25, 0.3) is 0 Å². The van der Waals surface area contributed by atoms with E-state index in [1.807, 2.05) is 6.92 Å². The summed E-state index contributed by atoms with van der Waals surface area (Å²) in [5, 5.41) is 8.95. The number of phosphoric acid groups is 1. The number of hydrogen-bond acceptors (Lipinski definition) is 12. The Kier molecular flexibility index (Phi) is 38.0. The second-order valence-electron chi connectivity index (χ2n) is 15.2. The second kappa shape index (κ2) is 39.4. The van der Waals surface area contributed by atoms with E-state index >= 15 is 0 Å². The highest BCUT2D eigenvalue weighted by molar-refractivity contribution is 7.47. The number of rotatable bonds is 42. The van der Waals surface area contributed by atoms with Crippen LogP contribution in [-0.4, -0.2) is 79.1 Å². The SMILES string of the molecule is CCCCCCCCCCCCCC(=O)OC[C@H](COP(=O)(O)OCC(COC(=O)CCCO)OC(=O)CCCC)OC(=O)CCCCCCCCCCCCC. The van der Waals surface area contributed by atoms with Gasteiger partial charge in [-0.15, -0.1) is 0 Å². The Bertz CT molecular complexity index is 1040. The van der Waals surface area contributed by atoms with E-state index in [4.69, 9.17) is 33.1 Å². The van der Waals surface area contributed by atoms with Crippen molar-refractivity contribution in [2.45, 2.75) is 219 Å². The zero-order valence-corrected chi connectivity index (χ0v) is 36.9. The van der Waals surface area contributed by atoms with Gasteiger partial charge in [-0.05, 0) is 25.7 Å². The molecular weight excluding hydrogens is 755 g/mol. The topological polar surface area (TPSA) is 181 Å². The predicted molar refractivity (Wildman–Crippen MR) is 221 cm³/mol. The Morgan fingerprint density at radius 2 is 0.719 bits per heavy atom. The third kappa shape index (κ3) is 37.9. The summed E-state index contributed by atoms with van der Waals surface area (Å²) in [6.07, 6.45) is 24.6. The summed E-state index contributed by atoms with van der Waals surface area (Å²) in [5.74, 6) is -2.22. The maximum Gasteiger partial charge on any atom is 0.472 e. The van der Waals surface area contributed by atoms with Crippen LogP contribution in [0.15, 0.2) is 0 Å². The number of aliphatic hydroxyl groups excluding tert-OH is 1. The van der Waals surface area contributed by atoms with Gasteiger partial charge in [0.15, 0.2) is 12.2 Å². The number of carbonyl (C=O) groups is 4. The lowest BCUT2D eigenvalue weighted by atomic mass is 10.1. The van der Waals surface area contributed by atoms with Crippen LogP contribution in [0, 0.1) is 0 Å². The molecule has 0 radical (unpaired) electrons. The average Bonchev–Trinajstić information content (AvgIpc) is 3.19. The Hall–Kier alpha value is -2.05. The summed E-state index contributed by atoms with van der Waals surface area (Å²) < 4.78 is 44.5. The molecule has 0 saturated carbocycles. The highest BCUT2D eigenvalue weighted by Gasteiger charge is 2.29. The minimum absolute atomic E-state index is 0.0568. The van der Waals surface area contributed by atoms with Crippen molar-refractivity contribution in [1.82, 2.24) is 0 Å². The molecule has 0 aromatic heterocycles. The zero-order valence-electron chi connectivity index (χ0n) is 36.0. The molecular formula is C43H81O13P. The Balaban J connectivity index is 5.02. The van der Waals surface area contributed by atoms with Crippen LogP contribution in [0.3, 0.4) is 0 Å². The number of unbranched alkanes of at least 4 members (excludes halogenated alkanes) is 21. The van der Waals surface area contributed by atoms with Crippen molar-refractivity contribution in [1.29, 1.82) is 0 Å². The molecule has 14 heteroatoms. The summed E-state index contributed by atoms with van der Waals surface area (Å²) in [5.41, 5.74) is 0. The summed E-state index contributed by atoms with van der Waals surface area (Å²) in [6.45, 7) is 4.11. The van der Waals surface area contributed by atoms with E-state index < -0.39 is 63.7 Å². The predicted octanol–water partition coefficient (Wildman–Crippen LogP) is 10.4. The van der Waals surface area contributed by atoms with Crippen LogP contribution in [-0.2, 0) is 51.7 Å². The molecule has 0 saturated heterocycles. The molecule has 2 N–H and O–H groups in total. The molecule has 2 unspecified atom stereocenters. The molecule has 0 aromatic rings. The van der Waals surface area contributed by atoms with E-state index in [1.165, 1.54) is 89.9 Å². The van der Waals surface area contributed by atoms with Gasteiger partial charge in [0.2, 0.25) is 0 Å². The minimum Gasteiger partial charge on any atom is -0.462 e. The molecule has 0 aliphatic carbocycles. The molecule has 0 spiro atoms. The summed E-state index contributed by atoms with van der Waals surface area (Å²) >= 11 is 0. The number of ether oxygens (including phenoxy) is 4. The zero-order chi connectivity index (χ0) is 42.2. The molecule has 0 amide bonds. The lowest BCUT2D eigenvalue weighted by Crippen LogP contribution is -2.31. The molecule has 336 valence electrons. The van der Waals surface area contributed by atoms with Crippen molar-refractivity contribution in [3.8, 4) is 0 Å². The third-order valence-electron chi connectivity index (χ3n) is 9.55. The van der Waals surface area contributed by atoms with E-state index in [1.54, 1.807) is 0 Å². The maximum atomic E-state index is 12.9. The summed E-state index contributed by atoms with van der Waals surface area (Å²) in [7, 11) is -4.81. The van der Waals surface area contributed by atoms with E-state index in [-0.39, 0.29) is 45.3 Å². The molecule has 0 aromatic carbocycles. The van der Waals surface area contributed by atoms with Crippen molar-refractivity contribution in [3.63, 3.8) is 0 Å². The largest absolute Gasteiger partial charge is 0.472 e. The smallest absolute Gasteiger partial charge is 0.462 e. The minimum atomic E-state index is -4.81. The quantitative estimate of drug-likeness (QED) is 0.0257. The molecule has 0 aliphatic heterocycles. The fourth-order valence-corrected chi connectivity index (χ4v) is 6.83. The van der Waals surface area contributed by atoms with E-state index in [0.29, 0.717) is 19.3 Å². The maximum absolute atomic E-state index is 12.9. The van der Waals surface area contributed by atoms with Crippen LogP contribution in [0.4, 0.5) is 0 Å². The van der Waals surface area contributed by atoms with Gasteiger partial charge in [-0.2, -0.15) is 0 Å². The first-order valence-corrected chi connectivity index (χ1v) is 24.0. The fourth-order valence-electron chi connectivity index (χ4n) is 6.04. The van der Waals surface area contributed by atoms with E-state index in [0.717, 1.165) is 44.9 Å². The molecule has 0 rings (SSSR count). The average molecular weight is 837 g/mol. The van der Waals surface area contributed by atoms with Gasteiger partial charge in [-0.1, -0.05) is 156 Å². The molecule has 0 fully saturated rings. The third-order valence-corrected chi connectivity index (χ3v) is 10.5. The molecule has 0 bridgehead atoms. The van der Waals surface area contributed by atoms with Gasteiger partial charge < -0.3 is 28.9 Å². The molecule has 13 nitrogen and oxygen atoms in total. The number of phosphoric ester groups is 1. The van der Waals surface area contributed by atoms with Gasteiger partial charge in [0.05, 0.1) is 13.2 Å². The van der Waals surface area contributed by atoms with Crippen LogP contribution in [0.1, 0.15) is 207 Å². The molecule has 57 heavy (non-hydrogen) atoms. The van der Waals surface area contributed by atoms with Crippen LogP contribution in [0.2, 0.25) is 0 Å². The Labute approximate surface area is 345 Å². The van der Waals surface area contributed by atoms with Crippen molar-refractivity contribution >= 4 is 31.7 Å². The first kappa shape index (κ1) is 55.0. The van der Waals surface area contributed by atoms with Gasteiger partial charge in [0.1, 0.15) is 13.2 Å². The number of esters is 4. The monoisotopic (exact) mass is 837 g/mol. The van der Waals surface area contributed by atoms with Gasteiger partial charge in [-0.25, -0.2) is 4.57 Å². The Morgan fingerprint density at radius 3 is 1.07 bits per heavy atom. The van der Waals surface area contributed by atoms with Crippen molar-refractivity contribution < 1.29 is 61.7 Å². The number of aliphatic hydroxyl groups is 1. The highest BCUT2D eigenvalue weighted by atomic mass is 31.2. The first-order valence-electron chi connectivity index (χ1n) is 22.5. The summed E-state index contributed by atoms with van der Waals surface area (Å²) in [6, 6.07) is 0. The van der Waals surface area contributed by atoms with Crippen molar-refractivity contribution in [2.75, 3.05) is 33.0 Å². The lowest BCUT2D eigenvalue weighted by Gasteiger charge is -2.22. The van der Waals surface area contributed by atoms with Gasteiger partial charge in [0, 0.05) is 32.3 Å². The standard InChI is InChI=1S/C43H81O13P/c1-4-7-10-12-14-16-18-20-22-24-26-30-40(45)51-34-39(56-43(48)31-27-25-23-21-19-17-15-13-11-8-5-2)37-54-57(49,50)53-36-38(55-42(47)29-9-6-3)35-52-41(46)32-28-33-44/h38-39,44H,4-37H2,1-3H3,(H,49,50)/t38?,39-/m1/s1. The second-order valence-corrected chi connectivity index (χ2v) is 16.6. The molecule has 0 aliphatic rings. The van der Waals surface area contributed by atoms with E-state index in [9.17, 15) is 28.6 Å². The molecule has 3 atom stereocenters. The lowest BCUT2D eigenvalue weighted by molar-refractivity contribution is -0.162. The highest BCUT2D eigenvalue weighted by Crippen LogP contribution is 2.43. The van der Waals surface area contributed by atoms with Crippen LogP contribution < -0.4 is 0 Å². The Morgan fingerprint density at radius 1 is 0.421 bits per heavy atom. The molecule has 0 heterocycles. The van der Waals surface area contributed by atoms with Crippen molar-refractivity contribution in [3.05, 3.63) is 0 Å². The summed E-state index contributed by atoms with van der Waals surface area (Å²) in [4.78, 5) is 60.0. The van der Waals surface area contributed by atoms with Crippen LogP contribution in [0.5, 0.6) is 0 Å². The van der Waals surface area contributed by atoms with Crippen LogP contribution >= 0.6 is 7.82 Å². The van der Waals surface area contributed by atoms with Crippen LogP contribution in [0.25, 0.3) is 0 Å². The van der Waals surface area contributed by atoms with Crippen molar-refractivity contribution in [2.24, 2.45) is 0 Å². The fraction of sp³-hybridized carbons (Fsp3) is 0.907. The first-order chi connectivity index (χ1) is 27.6. The van der Waals surface area contributed by atoms with Gasteiger partial charge >= 0.3 is 31.7 Å². The number of carbonyl (C=O) groups excluding carboxylic acids is 4. The number of hydrogen-bond donors (Lipinski definition) is 2.